The zero-order valence-corrected chi connectivity index (χ0v) is 9.62. The Balaban J connectivity index is 2.07. The Morgan fingerprint density at radius 2 is 2.13 bits per heavy atom. The predicted octanol–water partition coefficient (Wildman–Crippen LogP) is 2.16. The zero-order chi connectivity index (χ0) is 10.9. The van der Waals surface area contributed by atoms with E-state index in [-0.39, 0.29) is 0 Å². The minimum Gasteiger partial charge on any atom is -0.492 e. The van der Waals surface area contributed by atoms with Crippen molar-refractivity contribution in [3.05, 3.63) is 24.0 Å². The number of nitrogens with zero attached hydrogens (tertiary/aromatic N) is 1. The standard InChI is InChI=1S/C12H20N2O/c1-11-6-7-12(10-14-11)15-9-5-3-4-8-13-2/h6-7,10,13H,3-5,8-9H2,1-2H3. The molecule has 0 fully saturated rings. The van der Waals surface area contributed by atoms with Gasteiger partial charge in [0.25, 0.3) is 0 Å². The van der Waals surface area contributed by atoms with Crippen molar-refractivity contribution in [2.45, 2.75) is 26.2 Å². The van der Waals surface area contributed by atoms with Crippen LogP contribution < -0.4 is 10.1 Å². The van der Waals surface area contributed by atoms with Crippen LogP contribution in [0, 0.1) is 6.92 Å². The van der Waals surface area contributed by atoms with E-state index in [1.807, 2.05) is 26.1 Å². The van der Waals surface area contributed by atoms with Gasteiger partial charge in [-0.05, 0) is 51.9 Å². The summed E-state index contributed by atoms with van der Waals surface area (Å²) < 4.78 is 5.56. The molecule has 1 aromatic heterocycles. The van der Waals surface area contributed by atoms with E-state index in [0.29, 0.717) is 0 Å². The fraction of sp³-hybridized carbons (Fsp3) is 0.583. The van der Waals surface area contributed by atoms with Gasteiger partial charge < -0.3 is 10.1 Å². The molecule has 84 valence electrons. The minimum atomic E-state index is 0.786. The van der Waals surface area contributed by atoms with E-state index >= 15 is 0 Å². The maximum absolute atomic E-state index is 5.56. The van der Waals surface area contributed by atoms with Crippen LogP contribution in [0.25, 0.3) is 0 Å². The van der Waals surface area contributed by atoms with Crippen LogP contribution in [0.1, 0.15) is 25.0 Å². The van der Waals surface area contributed by atoms with E-state index in [9.17, 15) is 0 Å². The van der Waals surface area contributed by atoms with Crippen LogP contribution >= 0.6 is 0 Å². The molecular formula is C12H20N2O. The smallest absolute Gasteiger partial charge is 0.137 e. The summed E-state index contributed by atoms with van der Waals surface area (Å²) in [6.07, 6.45) is 5.31. The quantitative estimate of drug-likeness (QED) is 0.697. The van der Waals surface area contributed by atoms with E-state index in [4.69, 9.17) is 4.74 Å². The molecule has 0 aliphatic heterocycles. The molecule has 3 nitrogen and oxygen atoms in total. The maximum atomic E-state index is 5.56. The van der Waals surface area contributed by atoms with Gasteiger partial charge in [0.15, 0.2) is 0 Å². The summed E-state index contributed by atoms with van der Waals surface area (Å²) >= 11 is 0. The van der Waals surface area contributed by atoms with Crippen molar-refractivity contribution in [2.24, 2.45) is 0 Å². The third-order valence-electron chi connectivity index (χ3n) is 2.22. The van der Waals surface area contributed by atoms with Crippen molar-refractivity contribution < 1.29 is 4.74 Å². The van der Waals surface area contributed by atoms with E-state index in [0.717, 1.165) is 31.0 Å². The van der Waals surface area contributed by atoms with Crippen LogP contribution in [0.5, 0.6) is 5.75 Å². The highest BCUT2D eigenvalue weighted by atomic mass is 16.5. The van der Waals surface area contributed by atoms with Gasteiger partial charge in [-0.2, -0.15) is 0 Å². The molecule has 15 heavy (non-hydrogen) atoms. The topological polar surface area (TPSA) is 34.1 Å². The lowest BCUT2D eigenvalue weighted by atomic mass is 10.2. The molecular weight excluding hydrogens is 188 g/mol. The average Bonchev–Trinajstić information content (AvgIpc) is 2.26. The Morgan fingerprint density at radius 3 is 2.80 bits per heavy atom. The Morgan fingerprint density at radius 1 is 1.27 bits per heavy atom. The van der Waals surface area contributed by atoms with Crippen LogP contribution in [0.3, 0.4) is 0 Å². The van der Waals surface area contributed by atoms with Gasteiger partial charge in [-0.25, -0.2) is 0 Å². The summed E-state index contributed by atoms with van der Waals surface area (Å²) in [5.74, 6) is 0.870. The van der Waals surface area contributed by atoms with Crippen LogP contribution in [0.2, 0.25) is 0 Å². The van der Waals surface area contributed by atoms with Gasteiger partial charge in [0.05, 0.1) is 12.8 Å². The van der Waals surface area contributed by atoms with Gasteiger partial charge in [-0.15, -0.1) is 0 Å². The number of rotatable bonds is 7. The lowest BCUT2D eigenvalue weighted by Crippen LogP contribution is -2.07. The second-order valence-electron chi connectivity index (χ2n) is 3.65. The van der Waals surface area contributed by atoms with Crippen molar-refractivity contribution in [1.29, 1.82) is 0 Å². The van der Waals surface area contributed by atoms with Gasteiger partial charge in [0, 0.05) is 5.69 Å². The molecule has 0 amide bonds. The van der Waals surface area contributed by atoms with Gasteiger partial charge >= 0.3 is 0 Å². The van der Waals surface area contributed by atoms with E-state index in [2.05, 4.69) is 10.3 Å². The Hall–Kier alpha value is -1.09. The molecule has 0 saturated heterocycles. The van der Waals surface area contributed by atoms with Gasteiger partial charge in [-0.3, -0.25) is 4.98 Å². The number of ether oxygens (including phenoxy) is 1. The highest BCUT2D eigenvalue weighted by Crippen LogP contribution is 2.09. The van der Waals surface area contributed by atoms with E-state index in [1.165, 1.54) is 12.8 Å². The molecule has 1 aromatic rings. The summed E-state index contributed by atoms with van der Waals surface area (Å²) in [5.41, 5.74) is 1.02. The number of nitrogens with one attached hydrogen (secondary N) is 1. The summed E-state index contributed by atoms with van der Waals surface area (Å²) in [6.45, 7) is 3.85. The first-order valence-corrected chi connectivity index (χ1v) is 5.53. The predicted molar refractivity (Wildman–Crippen MR) is 62.2 cm³/mol. The maximum Gasteiger partial charge on any atom is 0.137 e. The molecule has 0 atom stereocenters. The number of unbranched alkanes of at least 4 members (excludes halogenated alkanes) is 2. The van der Waals surface area contributed by atoms with Crippen LogP contribution in [-0.4, -0.2) is 25.2 Å². The number of pyridine rings is 1. The monoisotopic (exact) mass is 208 g/mol. The average molecular weight is 208 g/mol. The van der Waals surface area contributed by atoms with Crippen molar-refractivity contribution in [1.82, 2.24) is 10.3 Å². The molecule has 1 heterocycles. The molecule has 3 heteroatoms. The Labute approximate surface area is 91.9 Å². The number of hydrogen-bond acceptors (Lipinski definition) is 3. The molecule has 0 bridgehead atoms. The van der Waals surface area contributed by atoms with Crippen molar-refractivity contribution in [3.8, 4) is 5.75 Å². The highest BCUT2D eigenvalue weighted by Gasteiger charge is 1.94. The molecule has 1 rings (SSSR count). The second-order valence-corrected chi connectivity index (χ2v) is 3.65. The number of aryl methyl sites for hydroxylation is 1. The van der Waals surface area contributed by atoms with Crippen LogP contribution in [0.4, 0.5) is 0 Å². The van der Waals surface area contributed by atoms with E-state index < -0.39 is 0 Å². The fourth-order valence-corrected chi connectivity index (χ4v) is 1.31. The van der Waals surface area contributed by atoms with Crippen molar-refractivity contribution in [3.63, 3.8) is 0 Å². The lowest BCUT2D eigenvalue weighted by molar-refractivity contribution is 0.304. The first-order chi connectivity index (χ1) is 7.33. The van der Waals surface area contributed by atoms with Crippen molar-refractivity contribution >= 4 is 0 Å². The largest absolute Gasteiger partial charge is 0.492 e. The second kappa shape index (κ2) is 7.23. The first kappa shape index (κ1) is 12.0. The number of hydrogen-bond donors (Lipinski definition) is 1. The van der Waals surface area contributed by atoms with E-state index in [1.54, 1.807) is 6.20 Å². The first-order valence-electron chi connectivity index (χ1n) is 5.53. The molecule has 1 N–H and O–H groups in total. The summed E-state index contributed by atoms with van der Waals surface area (Å²) in [4.78, 5) is 4.17. The lowest BCUT2D eigenvalue weighted by Gasteiger charge is -2.05. The SMILES string of the molecule is CNCCCCCOc1ccc(C)nc1. The third kappa shape index (κ3) is 5.37. The Kier molecular flexibility index (Phi) is 5.78. The third-order valence-corrected chi connectivity index (χ3v) is 2.22. The highest BCUT2D eigenvalue weighted by molar-refractivity contribution is 5.18. The van der Waals surface area contributed by atoms with Crippen LogP contribution in [-0.2, 0) is 0 Å². The summed E-state index contributed by atoms with van der Waals surface area (Å²) in [7, 11) is 1.98. The Bertz CT molecular complexity index is 259. The fourth-order valence-electron chi connectivity index (χ4n) is 1.31. The van der Waals surface area contributed by atoms with Crippen molar-refractivity contribution in [2.75, 3.05) is 20.2 Å². The molecule has 0 aromatic carbocycles. The molecule has 0 spiro atoms. The summed E-state index contributed by atoms with van der Waals surface area (Å²) in [6, 6.07) is 3.94. The molecule has 0 saturated carbocycles. The summed E-state index contributed by atoms with van der Waals surface area (Å²) in [5, 5.41) is 3.13. The zero-order valence-electron chi connectivity index (χ0n) is 9.62. The normalized spacial score (nSPS) is 10.3. The van der Waals surface area contributed by atoms with Gasteiger partial charge in [-0.1, -0.05) is 0 Å². The van der Waals surface area contributed by atoms with Gasteiger partial charge in [0.1, 0.15) is 5.75 Å². The molecule has 0 aliphatic carbocycles. The van der Waals surface area contributed by atoms with Gasteiger partial charge in [0.2, 0.25) is 0 Å². The number of aromatic nitrogens is 1. The minimum absolute atomic E-state index is 0.786. The van der Waals surface area contributed by atoms with Crippen LogP contribution in [0.15, 0.2) is 18.3 Å². The molecule has 0 radical (unpaired) electrons. The molecule has 0 aliphatic rings. The molecule has 0 unspecified atom stereocenters.